The molecule has 0 aromatic heterocycles. The molecule has 0 N–H and O–H groups in total. The molecule has 0 spiro atoms. The number of unbranched alkanes of at least 4 members (excludes halogenated alkanes) is 15. The van der Waals surface area contributed by atoms with E-state index in [9.17, 15) is 26.7 Å². The van der Waals surface area contributed by atoms with Crippen LogP contribution in [0.25, 0.3) is 0 Å². The number of hydrogen-bond donors (Lipinski definition) is 0. The minimum atomic E-state index is -2.35. The van der Waals surface area contributed by atoms with E-state index < -0.39 is 47.2 Å². The van der Waals surface area contributed by atoms with E-state index >= 15 is 0 Å². The van der Waals surface area contributed by atoms with E-state index in [1.54, 1.807) is 0 Å². The molecular weight excluding hydrogens is 827 g/mol. The van der Waals surface area contributed by atoms with Crippen LogP contribution in [0.1, 0.15) is 116 Å². The third-order valence-corrected chi connectivity index (χ3v) is 9.33. The minimum absolute atomic E-state index is 0.0840. The Morgan fingerprint density at radius 3 is 0.823 bits per heavy atom. The Hall–Kier alpha value is -2.06. The zero-order valence-corrected chi connectivity index (χ0v) is 37.5. The molecule has 0 radical (unpaired) electrons. The molecule has 0 atom stereocenters. The van der Waals surface area contributed by atoms with Gasteiger partial charge >= 0.3 is 5.97 Å². The highest BCUT2D eigenvalue weighted by Gasteiger charge is 2.28. The number of ether oxygens (including phenoxy) is 11. The predicted octanol–water partition coefficient (Wildman–Crippen LogP) is 9.11. The normalized spacial score (nSPS) is 11.6. The summed E-state index contributed by atoms with van der Waals surface area (Å²) in [5.41, 5.74) is 0. The summed E-state index contributed by atoms with van der Waals surface area (Å²) in [7, 11) is 0. The third-order valence-electron chi connectivity index (χ3n) is 9.33. The van der Waals surface area contributed by atoms with E-state index in [0.29, 0.717) is 99.1 Å². The molecule has 12 nitrogen and oxygen atoms in total. The first-order valence-corrected chi connectivity index (χ1v) is 22.9. The molecule has 0 fully saturated rings. The molecule has 0 heterocycles. The Kier molecular flexibility index (Phi) is 41.3. The molecule has 1 aromatic carbocycles. The smallest absolute Gasteiger partial charge is 0.313 e. The molecule has 0 unspecified atom stereocenters. The molecule has 0 aliphatic heterocycles. The van der Waals surface area contributed by atoms with Crippen molar-refractivity contribution in [1.29, 1.82) is 0 Å². The van der Waals surface area contributed by atoms with Gasteiger partial charge in [-0.1, -0.05) is 103 Å². The lowest BCUT2D eigenvalue weighted by Gasteiger charge is -2.09. The van der Waals surface area contributed by atoms with Crippen molar-refractivity contribution in [2.24, 2.45) is 0 Å². The summed E-state index contributed by atoms with van der Waals surface area (Å²) in [6, 6.07) is 0. The quantitative estimate of drug-likeness (QED) is 0.0155. The monoisotopic (exact) mass is 905 g/mol. The molecular formula is C45H77F5O12. The Morgan fingerprint density at radius 2 is 0.532 bits per heavy atom. The summed E-state index contributed by atoms with van der Waals surface area (Å²) >= 11 is 0. The largest absolute Gasteiger partial charge is 0.420 e. The Bertz CT molecular complexity index is 1140. The standard InChI is InChI=1S/C45H77F5O12/c1-2-3-4-5-6-7-8-9-10-11-12-13-14-15-16-17-19-52-21-23-54-25-27-56-29-31-58-33-35-60-37-38-61-36-34-59-32-30-57-28-26-55-24-22-53-20-18-39(51)62-45-43(49)41(47)40(46)42(48)44(45)50/h2-38H2,1H3. The molecule has 0 aliphatic rings. The highest BCUT2D eigenvalue weighted by Crippen LogP contribution is 2.29. The number of benzene rings is 1. The maximum atomic E-state index is 13.6. The number of carbonyl (C=O) groups is 1. The topological polar surface area (TPSA) is 119 Å². The zero-order chi connectivity index (χ0) is 45.0. The highest BCUT2D eigenvalue weighted by molar-refractivity contribution is 5.72. The Morgan fingerprint density at radius 1 is 0.306 bits per heavy atom. The maximum Gasteiger partial charge on any atom is 0.313 e. The first kappa shape index (κ1) is 58.0. The maximum absolute atomic E-state index is 13.6. The number of esters is 1. The second-order valence-corrected chi connectivity index (χ2v) is 14.6. The molecule has 1 rings (SSSR count). The van der Waals surface area contributed by atoms with Crippen LogP contribution in [-0.2, 0) is 52.2 Å². The second kappa shape index (κ2) is 44.2. The van der Waals surface area contributed by atoms with Gasteiger partial charge in [0.15, 0.2) is 0 Å². The average molecular weight is 905 g/mol. The van der Waals surface area contributed by atoms with Crippen LogP contribution in [0.3, 0.4) is 0 Å². The van der Waals surface area contributed by atoms with Crippen LogP contribution in [0.15, 0.2) is 0 Å². The van der Waals surface area contributed by atoms with Crippen LogP contribution in [0, 0.1) is 29.1 Å². The van der Waals surface area contributed by atoms with Crippen molar-refractivity contribution in [3.63, 3.8) is 0 Å². The third kappa shape index (κ3) is 34.4. The summed E-state index contributed by atoms with van der Waals surface area (Å²) in [5.74, 6) is -14.1. The first-order chi connectivity index (χ1) is 30.4. The molecule has 364 valence electrons. The van der Waals surface area contributed by atoms with Gasteiger partial charge in [0, 0.05) is 6.61 Å². The second-order valence-electron chi connectivity index (χ2n) is 14.6. The summed E-state index contributed by atoms with van der Waals surface area (Å²) in [6.45, 7) is 10.4. The summed E-state index contributed by atoms with van der Waals surface area (Å²) in [4.78, 5) is 11.7. The van der Waals surface area contributed by atoms with Crippen molar-refractivity contribution in [2.75, 3.05) is 132 Å². The van der Waals surface area contributed by atoms with E-state index in [1.807, 2.05) is 0 Å². The molecule has 0 bridgehead atoms. The van der Waals surface area contributed by atoms with Crippen molar-refractivity contribution < 1.29 is 78.9 Å². The van der Waals surface area contributed by atoms with Crippen LogP contribution in [0.4, 0.5) is 22.0 Å². The molecule has 0 saturated carbocycles. The fourth-order valence-electron chi connectivity index (χ4n) is 5.83. The van der Waals surface area contributed by atoms with Gasteiger partial charge in [-0.15, -0.1) is 0 Å². The summed E-state index contributed by atoms with van der Waals surface area (Å²) < 4.78 is 125. The molecule has 0 aliphatic carbocycles. The van der Waals surface area contributed by atoms with E-state index in [0.717, 1.165) is 13.0 Å². The summed E-state index contributed by atoms with van der Waals surface area (Å²) in [6.07, 6.45) is 21.4. The van der Waals surface area contributed by atoms with E-state index in [1.165, 1.54) is 96.3 Å². The number of rotatable bonds is 48. The SMILES string of the molecule is CCCCCCCCCCCCCCCCCCOCCOCCOCCOCCOCCOCCOCCOCCOCCOCCC(=O)Oc1c(F)c(F)c(F)c(F)c1F. The predicted molar refractivity (Wildman–Crippen MR) is 224 cm³/mol. The Balaban J connectivity index is 1.68. The van der Waals surface area contributed by atoms with Crippen LogP contribution in [0.5, 0.6) is 5.75 Å². The van der Waals surface area contributed by atoms with Crippen molar-refractivity contribution in [2.45, 2.75) is 116 Å². The summed E-state index contributed by atoms with van der Waals surface area (Å²) in [5, 5.41) is 0. The number of carbonyl (C=O) groups excluding carboxylic acids is 1. The van der Waals surface area contributed by atoms with Gasteiger partial charge in [0.25, 0.3) is 0 Å². The molecule has 1 aromatic rings. The molecule has 17 heteroatoms. The van der Waals surface area contributed by atoms with Gasteiger partial charge in [-0.05, 0) is 6.42 Å². The lowest BCUT2D eigenvalue weighted by atomic mass is 10.0. The average Bonchev–Trinajstić information content (AvgIpc) is 3.27. The van der Waals surface area contributed by atoms with Crippen LogP contribution < -0.4 is 4.74 Å². The van der Waals surface area contributed by atoms with Gasteiger partial charge in [0.05, 0.1) is 132 Å². The fraction of sp³-hybridized carbons (Fsp3) is 0.844. The van der Waals surface area contributed by atoms with Gasteiger partial charge in [-0.2, -0.15) is 8.78 Å². The van der Waals surface area contributed by atoms with E-state index in [2.05, 4.69) is 11.7 Å². The van der Waals surface area contributed by atoms with Crippen LogP contribution in [-0.4, -0.2) is 138 Å². The van der Waals surface area contributed by atoms with Crippen molar-refractivity contribution in [3.05, 3.63) is 29.1 Å². The highest BCUT2D eigenvalue weighted by atomic mass is 19.2. The zero-order valence-electron chi connectivity index (χ0n) is 37.5. The lowest BCUT2D eigenvalue weighted by Crippen LogP contribution is -2.16. The van der Waals surface area contributed by atoms with E-state index in [-0.39, 0.29) is 26.4 Å². The Labute approximate surface area is 367 Å². The molecule has 0 amide bonds. The van der Waals surface area contributed by atoms with Gasteiger partial charge in [-0.25, -0.2) is 13.2 Å². The van der Waals surface area contributed by atoms with Gasteiger partial charge in [0.1, 0.15) is 0 Å². The van der Waals surface area contributed by atoms with Crippen molar-refractivity contribution in [1.82, 2.24) is 0 Å². The van der Waals surface area contributed by atoms with Crippen molar-refractivity contribution >= 4 is 5.97 Å². The number of halogens is 5. The lowest BCUT2D eigenvalue weighted by molar-refractivity contribution is -0.136. The van der Waals surface area contributed by atoms with Gasteiger partial charge in [-0.3, -0.25) is 4.79 Å². The molecule has 0 saturated heterocycles. The van der Waals surface area contributed by atoms with E-state index in [4.69, 9.17) is 47.4 Å². The van der Waals surface area contributed by atoms with Crippen LogP contribution in [0.2, 0.25) is 0 Å². The van der Waals surface area contributed by atoms with Gasteiger partial charge in [0.2, 0.25) is 34.8 Å². The van der Waals surface area contributed by atoms with Gasteiger partial charge < -0.3 is 52.1 Å². The first-order valence-electron chi connectivity index (χ1n) is 22.9. The number of hydrogen-bond acceptors (Lipinski definition) is 12. The van der Waals surface area contributed by atoms with Crippen molar-refractivity contribution in [3.8, 4) is 5.75 Å². The molecule has 62 heavy (non-hydrogen) atoms. The fourth-order valence-corrected chi connectivity index (χ4v) is 5.83. The van der Waals surface area contributed by atoms with Crippen LogP contribution >= 0.6 is 0 Å². The minimum Gasteiger partial charge on any atom is -0.420 e.